The standard InChI is InChI=1S/C51H72N18O9/c1-29(70)63-36(17-10-20-59-49(53)54)43(73)67-40-24-41(71)58-19-9-8-16-35(42(52)72)64-45(75)38(22-31-26-61-34-15-7-6-14-33(31)34)65-44(74)37(18-11-21-60-50(55)56)68-48(78)51(2,25-30-12-4-3-5-13-30)69-47(77)39(66-46(40)76)23-32-27-57-28-62-32/h3-7,12-15,26-28,35-40,61H,8-11,16-25H2,1-2H3,(H2,52,72)(H,57,62)(H,58,71)(H,63,70)(H,64,75)(H,65,74)(H,66,76)(H,67,73)(H,68,78)(H,69,77)(H4,53,54,59)(H4,55,56,60)/t35-,36-,37-,38-,39-,40-,51-/m0/s1. The smallest absolute Gasteiger partial charge is 0.246 e. The maximum absolute atomic E-state index is 15.0. The minimum atomic E-state index is -1.91. The normalized spacial score (nSPS) is 21.7. The molecule has 0 unspecified atom stereocenters. The summed E-state index contributed by atoms with van der Waals surface area (Å²) in [5.74, 6) is -7.71. The number of guanidine groups is 2. The van der Waals surface area contributed by atoms with Crippen LogP contribution in [0.15, 0.2) is 83.3 Å². The first-order chi connectivity index (χ1) is 37.2. The summed E-state index contributed by atoms with van der Waals surface area (Å²) in [6.07, 6.45) is 4.15. The van der Waals surface area contributed by atoms with Crippen molar-refractivity contribution in [2.24, 2.45) is 38.7 Å². The maximum Gasteiger partial charge on any atom is 0.246 e. The molecule has 1 saturated heterocycles. The molecule has 0 spiro atoms. The number of hydrogen-bond acceptors (Lipinski definition) is 12. The molecule has 1 aliphatic heterocycles. The Hall–Kier alpha value is -9.04. The molecular weight excluding hydrogens is 1010 g/mol. The van der Waals surface area contributed by atoms with Crippen molar-refractivity contribution in [2.75, 3.05) is 19.6 Å². The van der Waals surface area contributed by atoms with Crippen LogP contribution in [0.25, 0.3) is 10.9 Å². The molecule has 1 aliphatic rings. The Bertz CT molecular complexity index is 2780. The monoisotopic (exact) mass is 1080 g/mol. The van der Waals surface area contributed by atoms with Crippen LogP contribution in [0.1, 0.15) is 82.0 Å². The number of para-hydroxylation sites is 1. The number of primary amides is 1. The summed E-state index contributed by atoms with van der Waals surface area (Å²) >= 11 is 0. The summed E-state index contributed by atoms with van der Waals surface area (Å²) in [6.45, 7) is 2.78. The van der Waals surface area contributed by atoms with Crippen LogP contribution >= 0.6 is 0 Å². The lowest BCUT2D eigenvalue weighted by atomic mass is 9.90. The molecule has 1 fully saturated rings. The molecule has 78 heavy (non-hydrogen) atoms. The molecule has 4 aromatic rings. The van der Waals surface area contributed by atoms with Gasteiger partial charge in [0.1, 0.15) is 41.8 Å². The van der Waals surface area contributed by atoms with Crippen LogP contribution < -0.4 is 71.2 Å². The van der Waals surface area contributed by atoms with Crippen LogP contribution in [0.3, 0.4) is 0 Å². The average Bonchev–Trinajstić information content (AvgIpc) is 4.07. The molecule has 5 rings (SSSR count). The molecular formula is C51H72N18O9. The van der Waals surface area contributed by atoms with Crippen LogP contribution in [0.5, 0.6) is 0 Å². The average molecular weight is 1080 g/mol. The van der Waals surface area contributed by atoms with Crippen molar-refractivity contribution in [3.05, 3.63) is 90.1 Å². The third kappa shape index (κ3) is 19.0. The van der Waals surface area contributed by atoms with Crippen molar-refractivity contribution in [3.63, 3.8) is 0 Å². The minimum absolute atomic E-state index is 0.00948. The molecule has 7 atom stereocenters. The molecule has 0 radical (unpaired) electrons. The molecule has 20 N–H and O–H groups in total. The highest BCUT2D eigenvalue weighted by atomic mass is 16.2. The van der Waals surface area contributed by atoms with Gasteiger partial charge in [0.25, 0.3) is 0 Å². The second-order valence-electron chi connectivity index (χ2n) is 19.2. The third-order valence-electron chi connectivity index (χ3n) is 12.8. The third-order valence-corrected chi connectivity index (χ3v) is 12.8. The second-order valence-corrected chi connectivity index (χ2v) is 19.2. The quantitative estimate of drug-likeness (QED) is 0.0269. The first kappa shape index (κ1) is 59.8. The number of aromatic amines is 2. The number of nitrogens with one attached hydrogen (secondary N) is 10. The molecule has 0 bridgehead atoms. The highest BCUT2D eigenvalue weighted by Crippen LogP contribution is 2.21. The van der Waals surface area contributed by atoms with E-state index >= 15 is 4.79 Å². The van der Waals surface area contributed by atoms with Gasteiger partial charge in [-0.05, 0) is 69.1 Å². The Morgan fingerprint density at radius 1 is 0.769 bits per heavy atom. The van der Waals surface area contributed by atoms with E-state index in [-0.39, 0.29) is 95.8 Å². The predicted octanol–water partition coefficient (Wildman–Crippen LogP) is -2.99. The van der Waals surface area contributed by atoms with E-state index in [1.807, 2.05) is 24.3 Å². The van der Waals surface area contributed by atoms with E-state index < -0.39 is 101 Å². The number of hydrogen-bond donors (Lipinski definition) is 15. The van der Waals surface area contributed by atoms with Crippen molar-refractivity contribution < 1.29 is 43.2 Å². The van der Waals surface area contributed by atoms with Gasteiger partial charge in [0.05, 0.1) is 12.7 Å². The number of nitrogens with zero attached hydrogens (tertiary/aromatic N) is 3. The molecule has 0 aliphatic carbocycles. The van der Waals surface area contributed by atoms with Crippen molar-refractivity contribution in [2.45, 2.75) is 126 Å². The fourth-order valence-corrected chi connectivity index (χ4v) is 8.75. The number of aromatic nitrogens is 3. The van der Waals surface area contributed by atoms with E-state index in [1.165, 1.54) is 26.4 Å². The Morgan fingerprint density at radius 3 is 2.12 bits per heavy atom. The summed E-state index contributed by atoms with van der Waals surface area (Å²) in [5, 5.41) is 22.3. The molecule has 27 heteroatoms. The highest BCUT2D eigenvalue weighted by Gasteiger charge is 2.41. The first-order valence-corrected chi connectivity index (χ1v) is 25.6. The van der Waals surface area contributed by atoms with Gasteiger partial charge in [-0.15, -0.1) is 0 Å². The number of carbonyl (C=O) groups excluding carboxylic acids is 9. The van der Waals surface area contributed by atoms with Gasteiger partial charge in [0.2, 0.25) is 53.2 Å². The van der Waals surface area contributed by atoms with E-state index in [9.17, 15) is 38.4 Å². The van der Waals surface area contributed by atoms with Crippen molar-refractivity contribution in [3.8, 4) is 0 Å². The van der Waals surface area contributed by atoms with Crippen molar-refractivity contribution >= 4 is 76.0 Å². The fourth-order valence-electron chi connectivity index (χ4n) is 8.75. The molecule has 3 heterocycles. The van der Waals surface area contributed by atoms with E-state index in [0.29, 0.717) is 16.8 Å². The minimum Gasteiger partial charge on any atom is -0.370 e. The zero-order valence-electron chi connectivity index (χ0n) is 43.7. The first-order valence-electron chi connectivity index (χ1n) is 25.6. The summed E-state index contributed by atoms with van der Waals surface area (Å²) in [6, 6.07) is 7.61. The number of carbonyl (C=O) groups is 9. The van der Waals surface area contributed by atoms with Crippen LogP contribution in [0.2, 0.25) is 0 Å². The zero-order valence-corrected chi connectivity index (χ0v) is 43.7. The lowest BCUT2D eigenvalue weighted by Crippen LogP contribution is -2.65. The predicted molar refractivity (Wildman–Crippen MR) is 289 cm³/mol. The Kier molecular flexibility index (Phi) is 22.5. The van der Waals surface area contributed by atoms with Gasteiger partial charge < -0.3 is 81.2 Å². The number of amides is 9. The van der Waals surface area contributed by atoms with Gasteiger partial charge in [0, 0.05) is 74.8 Å². The van der Waals surface area contributed by atoms with Crippen LogP contribution in [0.4, 0.5) is 0 Å². The molecule has 9 amide bonds. The highest BCUT2D eigenvalue weighted by molar-refractivity contribution is 6.00. The Labute approximate surface area is 450 Å². The number of H-pyrrole nitrogens is 2. The van der Waals surface area contributed by atoms with E-state index in [2.05, 4.69) is 67.5 Å². The molecule has 2 aromatic carbocycles. The largest absolute Gasteiger partial charge is 0.370 e. The zero-order chi connectivity index (χ0) is 56.8. The van der Waals surface area contributed by atoms with Gasteiger partial charge in [-0.25, -0.2) is 4.98 Å². The lowest BCUT2D eigenvalue weighted by molar-refractivity contribution is -0.138. The molecule has 2 aromatic heterocycles. The summed E-state index contributed by atoms with van der Waals surface area (Å²) in [5.41, 5.74) is 28.4. The second kappa shape index (κ2) is 29.3. The van der Waals surface area contributed by atoms with Gasteiger partial charge in [-0.3, -0.25) is 53.1 Å². The molecule has 0 saturated carbocycles. The SMILES string of the molecule is CC(=O)N[C@@H](CCCN=C(N)N)C(=O)N[C@H]1CC(=O)NCCCC[C@@H](C(N)=O)NC(=O)[C@H](Cc2c[nH]c3ccccc23)NC(=O)[C@H](CCCN=C(N)N)NC(=O)[C@](C)(Cc2ccccc2)NC(=O)[C@H](Cc2cnc[nH]2)NC1=O. The fraction of sp³-hybridized carbons (Fsp3) is 0.451. The lowest BCUT2D eigenvalue weighted by Gasteiger charge is -2.34. The van der Waals surface area contributed by atoms with Gasteiger partial charge >= 0.3 is 0 Å². The number of imidazole rings is 1. The number of fused-ring (bicyclic) bond motifs is 1. The maximum atomic E-state index is 15.0. The van der Waals surface area contributed by atoms with Gasteiger partial charge in [-0.2, -0.15) is 0 Å². The van der Waals surface area contributed by atoms with Gasteiger partial charge in [-0.1, -0.05) is 48.5 Å². The number of nitrogens with two attached hydrogens (primary N) is 5. The topological polar surface area (TPSA) is 449 Å². The molecule has 420 valence electrons. The van der Waals surface area contributed by atoms with E-state index in [1.54, 1.807) is 36.5 Å². The van der Waals surface area contributed by atoms with Gasteiger partial charge in [0.15, 0.2) is 11.9 Å². The number of benzene rings is 2. The van der Waals surface area contributed by atoms with Crippen LogP contribution in [-0.4, -0.2) is 141 Å². The summed E-state index contributed by atoms with van der Waals surface area (Å²) < 4.78 is 0. The summed E-state index contributed by atoms with van der Waals surface area (Å²) in [7, 11) is 0. The van der Waals surface area contributed by atoms with Crippen LogP contribution in [-0.2, 0) is 62.4 Å². The summed E-state index contributed by atoms with van der Waals surface area (Å²) in [4.78, 5) is 144. The number of rotatable bonds is 18. The number of aliphatic imine (C=N–C) groups is 2. The van der Waals surface area contributed by atoms with Crippen LogP contribution in [0, 0.1) is 0 Å². The van der Waals surface area contributed by atoms with E-state index in [4.69, 9.17) is 28.7 Å². The van der Waals surface area contributed by atoms with E-state index in [0.717, 1.165) is 10.9 Å². The van der Waals surface area contributed by atoms with Crippen molar-refractivity contribution in [1.82, 2.24) is 57.5 Å². The van der Waals surface area contributed by atoms with Crippen molar-refractivity contribution in [1.29, 1.82) is 0 Å². The molecule has 27 nitrogen and oxygen atoms in total. The Morgan fingerprint density at radius 2 is 1.44 bits per heavy atom. The Balaban J connectivity index is 1.57.